The van der Waals surface area contributed by atoms with Crippen LogP contribution < -0.4 is 4.74 Å². The topological polar surface area (TPSA) is 90.0 Å². The normalized spacial score (nSPS) is 23.2. The molecule has 1 aromatic carbocycles. The fraction of sp³-hybridized carbons (Fsp3) is 0.556. The zero-order valence-electron chi connectivity index (χ0n) is 15.0. The predicted octanol–water partition coefficient (Wildman–Crippen LogP) is 1.47. The van der Waals surface area contributed by atoms with Crippen molar-refractivity contribution in [3.63, 3.8) is 0 Å². The Morgan fingerprint density at radius 1 is 1.37 bits per heavy atom. The highest BCUT2D eigenvalue weighted by atomic mass is 35.5. The molecule has 0 unspecified atom stereocenters. The van der Waals surface area contributed by atoms with Crippen molar-refractivity contribution in [3.05, 3.63) is 28.8 Å². The molecule has 0 radical (unpaired) electrons. The zero-order valence-corrected chi connectivity index (χ0v) is 16.6. The Morgan fingerprint density at radius 3 is 2.81 bits per heavy atom. The Morgan fingerprint density at radius 2 is 2.15 bits per heavy atom. The van der Waals surface area contributed by atoms with Crippen LogP contribution in [-0.2, 0) is 30.6 Å². The molecule has 1 amide bonds. The lowest BCUT2D eigenvalue weighted by Crippen LogP contribution is -2.43. The molecule has 2 aliphatic rings. The van der Waals surface area contributed by atoms with Crippen LogP contribution in [0.15, 0.2) is 18.2 Å². The lowest BCUT2D eigenvalue weighted by atomic mass is 9.97. The van der Waals surface area contributed by atoms with E-state index in [1.165, 1.54) is 4.90 Å². The summed E-state index contributed by atoms with van der Waals surface area (Å²) in [4.78, 5) is 26.2. The van der Waals surface area contributed by atoms with Crippen molar-refractivity contribution >= 4 is 33.3 Å². The minimum Gasteiger partial charge on any atom is -0.492 e. The predicted molar refractivity (Wildman–Crippen MR) is 99.5 cm³/mol. The van der Waals surface area contributed by atoms with Crippen LogP contribution in [-0.4, -0.2) is 62.5 Å². The summed E-state index contributed by atoms with van der Waals surface area (Å²) in [6, 6.07) is 4.89. The van der Waals surface area contributed by atoms with Crippen molar-refractivity contribution in [2.75, 3.05) is 31.3 Å². The van der Waals surface area contributed by atoms with Crippen molar-refractivity contribution in [1.82, 2.24) is 4.90 Å². The molecule has 0 aliphatic carbocycles. The second-order valence-electron chi connectivity index (χ2n) is 6.81. The molecule has 2 aliphatic heterocycles. The molecule has 7 nitrogen and oxygen atoms in total. The molecule has 0 aromatic heterocycles. The van der Waals surface area contributed by atoms with Gasteiger partial charge in [0, 0.05) is 17.6 Å². The number of likely N-dealkylation sites (N-methyl/N-ethyl adjacent to an activating group) is 1. The second-order valence-corrected chi connectivity index (χ2v) is 9.47. The molecular weight excluding hydrogens is 394 g/mol. The Bertz CT molecular complexity index is 840. The first-order valence-corrected chi connectivity index (χ1v) is 11.1. The van der Waals surface area contributed by atoms with E-state index < -0.39 is 28.3 Å². The lowest BCUT2D eigenvalue weighted by Gasteiger charge is -2.27. The Kier molecular flexibility index (Phi) is 5.95. The van der Waals surface area contributed by atoms with Gasteiger partial charge in [0.2, 0.25) is 0 Å². The quantitative estimate of drug-likeness (QED) is 0.676. The van der Waals surface area contributed by atoms with Crippen LogP contribution in [0.2, 0.25) is 5.02 Å². The fourth-order valence-electron chi connectivity index (χ4n) is 3.51. The molecule has 1 fully saturated rings. The minimum atomic E-state index is -3.09. The van der Waals surface area contributed by atoms with E-state index in [1.54, 1.807) is 25.1 Å². The van der Waals surface area contributed by atoms with E-state index in [1.807, 2.05) is 0 Å². The maximum Gasteiger partial charge on any atom is 0.313 e. The van der Waals surface area contributed by atoms with Gasteiger partial charge in [-0.1, -0.05) is 11.6 Å². The molecule has 27 heavy (non-hydrogen) atoms. The number of hydrogen-bond acceptors (Lipinski definition) is 6. The molecule has 1 aromatic rings. The van der Waals surface area contributed by atoms with Crippen LogP contribution in [0.25, 0.3) is 0 Å². The lowest BCUT2D eigenvalue weighted by molar-refractivity contribution is -0.157. The first kappa shape index (κ1) is 19.9. The maximum absolute atomic E-state index is 12.4. The number of benzene rings is 1. The van der Waals surface area contributed by atoms with E-state index in [-0.39, 0.29) is 30.1 Å². The van der Waals surface area contributed by atoms with Crippen LogP contribution in [0.4, 0.5) is 0 Å². The first-order valence-electron chi connectivity index (χ1n) is 8.87. The number of esters is 1. The summed E-state index contributed by atoms with van der Waals surface area (Å²) in [5.41, 5.74) is 0.827. The maximum atomic E-state index is 12.4. The van der Waals surface area contributed by atoms with E-state index in [0.29, 0.717) is 30.2 Å². The van der Waals surface area contributed by atoms with Gasteiger partial charge in [-0.2, -0.15) is 0 Å². The fourth-order valence-corrected chi connectivity index (χ4v) is 5.43. The van der Waals surface area contributed by atoms with Gasteiger partial charge < -0.3 is 14.4 Å². The van der Waals surface area contributed by atoms with E-state index in [0.717, 1.165) is 5.56 Å². The van der Waals surface area contributed by atoms with E-state index >= 15 is 0 Å². The average molecular weight is 416 g/mol. The number of carbonyl (C=O) groups is 2. The summed E-state index contributed by atoms with van der Waals surface area (Å²) in [5.74, 6) is -0.654. The van der Waals surface area contributed by atoms with Gasteiger partial charge in [0.15, 0.2) is 16.4 Å². The molecule has 148 valence electrons. The van der Waals surface area contributed by atoms with Gasteiger partial charge in [-0.3, -0.25) is 9.59 Å². The van der Waals surface area contributed by atoms with Crippen molar-refractivity contribution in [3.8, 4) is 5.75 Å². The Labute approximate surface area is 163 Å². The van der Waals surface area contributed by atoms with Crippen LogP contribution in [0.1, 0.15) is 18.9 Å². The standard InChI is InChI=1S/C18H22ClNO6S/c1-2-20(15-5-6-27(23,24)11-15)17(21)10-26-18(22)13-7-12-8-14(19)3-4-16(12)25-9-13/h3-4,8,13,15H,2,5-7,9-11H2,1H3/t13-,15+/m0/s1. The smallest absolute Gasteiger partial charge is 0.313 e. The number of amides is 1. The van der Waals surface area contributed by atoms with Gasteiger partial charge in [-0.05, 0) is 43.5 Å². The number of sulfone groups is 1. The van der Waals surface area contributed by atoms with E-state index in [4.69, 9.17) is 21.1 Å². The number of hydrogen-bond donors (Lipinski definition) is 0. The summed E-state index contributed by atoms with van der Waals surface area (Å²) in [5, 5.41) is 0.562. The monoisotopic (exact) mass is 415 g/mol. The van der Waals surface area contributed by atoms with Crippen LogP contribution in [0.3, 0.4) is 0 Å². The van der Waals surface area contributed by atoms with Gasteiger partial charge in [-0.15, -0.1) is 0 Å². The molecule has 2 atom stereocenters. The summed E-state index contributed by atoms with van der Waals surface area (Å²) >= 11 is 5.98. The van der Waals surface area contributed by atoms with Gasteiger partial charge in [0.1, 0.15) is 12.4 Å². The van der Waals surface area contributed by atoms with E-state index in [2.05, 4.69) is 0 Å². The molecule has 0 N–H and O–H groups in total. The second kappa shape index (κ2) is 8.06. The number of fused-ring (bicyclic) bond motifs is 1. The van der Waals surface area contributed by atoms with Crippen molar-refractivity contribution in [2.45, 2.75) is 25.8 Å². The van der Waals surface area contributed by atoms with E-state index in [9.17, 15) is 18.0 Å². The highest BCUT2D eigenvalue weighted by Gasteiger charge is 2.34. The number of nitrogens with zero attached hydrogens (tertiary/aromatic N) is 1. The molecule has 3 rings (SSSR count). The molecular formula is C18H22ClNO6S. The Hall–Kier alpha value is -1.80. The third-order valence-electron chi connectivity index (χ3n) is 4.91. The van der Waals surface area contributed by atoms with Crippen molar-refractivity contribution < 1.29 is 27.5 Å². The molecule has 0 saturated carbocycles. The van der Waals surface area contributed by atoms with Crippen LogP contribution in [0.5, 0.6) is 5.75 Å². The summed E-state index contributed by atoms with van der Waals surface area (Å²) in [7, 11) is -3.09. The van der Waals surface area contributed by atoms with Gasteiger partial charge >= 0.3 is 5.97 Å². The molecule has 9 heteroatoms. The number of carbonyl (C=O) groups excluding carboxylic acids is 2. The number of rotatable bonds is 5. The summed E-state index contributed by atoms with van der Waals surface area (Å²) in [6.45, 7) is 1.93. The first-order chi connectivity index (χ1) is 12.8. The summed E-state index contributed by atoms with van der Waals surface area (Å²) < 4.78 is 34.0. The van der Waals surface area contributed by atoms with Crippen LogP contribution in [0, 0.1) is 5.92 Å². The zero-order chi connectivity index (χ0) is 19.6. The van der Waals surface area contributed by atoms with Gasteiger partial charge in [0.25, 0.3) is 5.91 Å². The van der Waals surface area contributed by atoms with Crippen LogP contribution >= 0.6 is 11.6 Å². The largest absolute Gasteiger partial charge is 0.492 e. The molecule has 0 spiro atoms. The SMILES string of the molecule is CCN(C(=O)COC(=O)[C@@H]1COc2ccc(Cl)cc2C1)[C@@H]1CCS(=O)(=O)C1. The number of ether oxygens (including phenoxy) is 2. The third kappa shape index (κ3) is 4.73. The van der Waals surface area contributed by atoms with Crippen molar-refractivity contribution in [1.29, 1.82) is 0 Å². The van der Waals surface area contributed by atoms with Crippen molar-refractivity contribution in [2.24, 2.45) is 5.92 Å². The van der Waals surface area contributed by atoms with Gasteiger partial charge in [-0.25, -0.2) is 8.42 Å². The molecule has 1 saturated heterocycles. The highest BCUT2D eigenvalue weighted by molar-refractivity contribution is 7.91. The highest BCUT2D eigenvalue weighted by Crippen LogP contribution is 2.30. The summed E-state index contributed by atoms with van der Waals surface area (Å²) in [6.07, 6.45) is 0.852. The Balaban J connectivity index is 1.55. The molecule has 0 bridgehead atoms. The third-order valence-corrected chi connectivity index (χ3v) is 6.90. The number of halogens is 1. The minimum absolute atomic E-state index is 0.0332. The average Bonchev–Trinajstić information content (AvgIpc) is 2.99. The van der Waals surface area contributed by atoms with Gasteiger partial charge in [0.05, 0.1) is 17.4 Å². The molecule has 2 heterocycles.